The molecule has 192 valence electrons. The highest BCUT2D eigenvalue weighted by molar-refractivity contribution is 6.25. The molecular weight excluding hydrogens is 478 g/mol. The molecule has 0 saturated carbocycles. The van der Waals surface area contributed by atoms with E-state index in [0.29, 0.717) is 42.7 Å². The first kappa shape index (κ1) is 25.1. The molecule has 2 N–H and O–H groups in total. The number of para-hydroxylation sites is 1. The van der Waals surface area contributed by atoms with E-state index in [1.54, 1.807) is 48.5 Å². The predicted octanol–water partition coefficient (Wildman–Crippen LogP) is 5.36. The zero-order chi connectivity index (χ0) is 26.6. The van der Waals surface area contributed by atoms with Crippen molar-refractivity contribution in [2.24, 2.45) is 11.8 Å². The van der Waals surface area contributed by atoms with E-state index in [0.717, 1.165) is 11.1 Å². The van der Waals surface area contributed by atoms with Crippen molar-refractivity contribution in [1.29, 1.82) is 0 Å². The highest BCUT2D eigenvalue weighted by Crippen LogP contribution is 2.40. The van der Waals surface area contributed by atoms with Gasteiger partial charge in [-0.25, -0.2) is 4.90 Å². The SMILES string of the molecule is CC1=CC[C@@H]2C(=O)N(c3ccccc3C(=O)Nc3ccc(NC(=O)CCc4ccccc4)cc3)C(=O)[C@H]2C1. The molecule has 0 bridgehead atoms. The first-order chi connectivity index (χ1) is 18.4. The second-order valence-electron chi connectivity index (χ2n) is 9.80. The molecule has 1 heterocycles. The molecule has 1 aliphatic carbocycles. The molecule has 7 heteroatoms. The Labute approximate surface area is 221 Å². The highest BCUT2D eigenvalue weighted by Gasteiger charge is 2.49. The fourth-order valence-electron chi connectivity index (χ4n) is 5.10. The lowest BCUT2D eigenvalue weighted by Crippen LogP contribution is -2.33. The van der Waals surface area contributed by atoms with Crippen LogP contribution in [-0.2, 0) is 20.8 Å². The molecule has 0 radical (unpaired) electrons. The van der Waals surface area contributed by atoms with Crippen LogP contribution in [0.5, 0.6) is 0 Å². The van der Waals surface area contributed by atoms with E-state index in [1.165, 1.54) is 4.90 Å². The van der Waals surface area contributed by atoms with E-state index >= 15 is 0 Å². The van der Waals surface area contributed by atoms with E-state index in [1.807, 2.05) is 43.3 Å². The minimum atomic E-state index is -0.426. The molecular formula is C31H29N3O4. The molecule has 1 saturated heterocycles. The van der Waals surface area contributed by atoms with Gasteiger partial charge in [-0.2, -0.15) is 0 Å². The second-order valence-corrected chi connectivity index (χ2v) is 9.80. The van der Waals surface area contributed by atoms with Crippen LogP contribution in [0, 0.1) is 11.8 Å². The molecule has 4 amide bonds. The quantitative estimate of drug-likeness (QED) is 0.333. The van der Waals surface area contributed by atoms with Gasteiger partial charge in [-0.1, -0.05) is 54.1 Å². The molecule has 2 atom stereocenters. The lowest BCUT2D eigenvalue weighted by atomic mass is 9.82. The number of benzene rings is 3. The normalized spacial score (nSPS) is 18.6. The average molecular weight is 508 g/mol. The zero-order valence-electron chi connectivity index (χ0n) is 21.1. The van der Waals surface area contributed by atoms with Gasteiger partial charge in [0.2, 0.25) is 17.7 Å². The molecule has 7 nitrogen and oxygen atoms in total. The number of nitrogens with one attached hydrogen (secondary N) is 2. The average Bonchev–Trinajstić information content (AvgIpc) is 3.17. The Hall–Kier alpha value is -4.52. The Morgan fingerprint density at radius 1 is 0.816 bits per heavy atom. The van der Waals surface area contributed by atoms with Crippen molar-refractivity contribution in [3.63, 3.8) is 0 Å². The van der Waals surface area contributed by atoms with E-state index < -0.39 is 5.91 Å². The summed E-state index contributed by atoms with van der Waals surface area (Å²) in [6, 6.07) is 23.3. The molecule has 0 unspecified atom stereocenters. The highest BCUT2D eigenvalue weighted by atomic mass is 16.2. The Bertz CT molecular complexity index is 1410. The van der Waals surface area contributed by atoms with Crippen LogP contribution in [0.4, 0.5) is 17.1 Å². The van der Waals surface area contributed by atoms with Crippen molar-refractivity contribution in [3.05, 3.63) is 102 Å². The van der Waals surface area contributed by atoms with Gasteiger partial charge in [0.1, 0.15) is 0 Å². The summed E-state index contributed by atoms with van der Waals surface area (Å²) < 4.78 is 0. The van der Waals surface area contributed by atoms with E-state index in [4.69, 9.17) is 0 Å². The number of aryl methyl sites for hydroxylation is 1. The Kier molecular flexibility index (Phi) is 7.18. The number of fused-ring (bicyclic) bond motifs is 1. The van der Waals surface area contributed by atoms with Gasteiger partial charge in [0.25, 0.3) is 5.91 Å². The van der Waals surface area contributed by atoms with Gasteiger partial charge in [0.05, 0.1) is 23.1 Å². The summed E-state index contributed by atoms with van der Waals surface area (Å²) in [4.78, 5) is 53.1. The number of rotatable bonds is 7. The molecule has 0 spiro atoms. The standard InChI is InChI=1S/C31H29N3O4/c1-20-11-17-24-26(19-20)31(38)34(30(24)37)27-10-6-5-9-25(27)29(36)33-23-15-13-22(14-16-23)32-28(35)18-12-21-7-3-2-4-8-21/h2-11,13-16,24,26H,12,17-19H2,1H3,(H,32,35)(H,33,36)/t24-,26-/m0/s1. The summed E-state index contributed by atoms with van der Waals surface area (Å²) in [5.41, 5.74) is 3.91. The Morgan fingerprint density at radius 2 is 1.45 bits per heavy atom. The third-order valence-electron chi connectivity index (χ3n) is 7.12. The fourth-order valence-corrected chi connectivity index (χ4v) is 5.10. The number of imide groups is 1. The lowest BCUT2D eigenvalue weighted by Gasteiger charge is -2.19. The van der Waals surface area contributed by atoms with Crippen molar-refractivity contribution in [1.82, 2.24) is 0 Å². The molecule has 1 fully saturated rings. The van der Waals surface area contributed by atoms with E-state index in [-0.39, 0.29) is 35.1 Å². The van der Waals surface area contributed by atoms with E-state index in [9.17, 15) is 19.2 Å². The van der Waals surface area contributed by atoms with Crippen molar-refractivity contribution < 1.29 is 19.2 Å². The number of nitrogens with zero attached hydrogens (tertiary/aromatic N) is 1. The maximum absolute atomic E-state index is 13.2. The monoisotopic (exact) mass is 507 g/mol. The number of hydrogen-bond acceptors (Lipinski definition) is 4. The Balaban J connectivity index is 1.24. The van der Waals surface area contributed by atoms with Gasteiger partial charge in [0.15, 0.2) is 0 Å². The van der Waals surface area contributed by atoms with Crippen molar-refractivity contribution >= 4 is 40.7 Å². The number of hydrogen-bond donors (Lipinski definition) is 2. The van der Waals surface area contributed by atoms with Crippen molar-refractivity contribution in [2.75, 3.05) is 15.5 Å². The predicted molar refractivity (Wildman–Crippen MR) is 147 cm³/mol. The van der Waals surface area contributed by atoms with Crippen LogP contribution in [0.1, 0.15) is 42.1 Å². The minimum Gasteiger partial charge on any atom is -0.326 e. The molecule has 2 aliphatic rings. The van der Waals surface area contributed by atoms with Crippen molar-refractivity contribution in [2.45, 2.75) is 32.6 Å². The summed E-state index contributed by atoms with van der Waals surface area (Å²) in [7, 11) is 0. The molecule has 1 aliphatic heterocycles. The fraction of sp³-hybridized carbons (Fsp3) is 0.226. The molecule has 3 aromatic carbocycles. The van der Waals surface area contributed by atoms with Gasteiger partial charge in [0, 0.05) is 17.8 Å². The summed E-state index contributed by atoms with van der Waals surface area (Å²) in [6.07, 6.45) is 4.14. The zero-order valence-corrected chi connectivity index (χ0v) is 21.1. The van der Waals surface area contributed by atoms with Crippen LogP contribution in [0.2, 0.25) is 0 Å². The number of amides is 4. The van der Waals surface area contributed by atoms with Gasteiger partial charge in [-0.15, -0.1) is 0 Å². The van der Waals surface area contributed by atoms with Crippen LogP contribution < -0.4 is 15.5 Å². The number of allylic oxidation sites excluding steroid dienone is 2. The minimum absolute atomic E-state index is 0.0922. The maximum Gasteiger partial charge on any atom is 0.257 e. The van der Waals surface area contributed by atoms with Crippen molar-refractivity contribution in [3.8, 4) is 0 Å². The molecule has 3 aromatic rings. The van der Waals surface area contributed by atoms with Gasteiger partial charge in [-0.3, -0.25) is 19.2 Å². The van der Waals surface area contributed by atoms with Gasteiger partial charge < -0.3 is 10.6 Å². The summed E-state index contributed by atoms with van der Waals surface area (Å²) in [5.74, 6) is -1.77. The molecule has 5 rings (SSSR count). The van der Waals surface area contributed by atoms with Crippen LogP contribution in [0.3, 0.4) is 0 Å². The van der Waals surface area contributed by atoms with Crippen LogP contribution >= 0.6 is 0 Å². The summed E-state index contributed by atoms with van der Waals surface area (Å²) >= 11 is 0. The van der Waals surface area contributed by atoms with Gasteiger partial charge in [-0.05, 0) is 68.1 Å². The third-order valence-corrected chi connectivity index (χ3v) is 7.12. The summed E-state index contributed by atoms with van der Waals surface area (Å²) in [6.45, 7) is 1.97. The summed E-state index contributed by atoms with van der Waals surface area (Å²) in [5, 5.41) is 5.71. The third kappa shape index (κ3) is 5.27. The lowest BCUT2D eigenvalue weighted by molar-refractivity contribution is -0.122. The van der Waals surface area contributed by atoms with E-state index in [2.05, 4.69) is 10.6 Å². The Morgan fingerprint density at radius 3 is 2.18 bits per heavy atom. The molecule has 0 aromatic heterocycles. The number of carbonyl (C=O) groups excluding carboxylic acids is 4. The van der Waals surface area contributed by atoms with Gasteiger partial charge >= 0.3 is 0 Å². The van der Waals surface area contributed by atoms with Crippen LogP contribution in [0.15, 0.2) is 90.5 Å². The second kappa shape index (κ2) is 10.8. The van der Waals surface area contributed by atoms with Crippen LogP contribution in [0.25, 0.3) is 0 Å². The maximum atomic E-state index is 13.2. The number of carbonyl (C=O) groups is 4. The first-order valence-corrected chi connectivity index (χ1v) is 12.8. The topological polar surface area (TPSA) is 95.6 Å². The smallest absolute Gasteiger partial charge is 0.257 e. The largest absolute Gasteiger partial charge is 0.326 e. The van der Waals surface area contributed by atoms with Crippen LogP contribution in [-0.4, -0.2) is 23.6 Å². The first-order valence-electron chi connectivity index (χ1n) is 12.8. The number of anilines is 3. The molecule has 38 heavy (non-hydrogen) atoms.